The van der Waals surface area contributed by atoms with E-state index in [9.17, 15) is 8.42 Å². The summed E-state index contributed by atoms with van der Waals surface area (Å²) in [6, 6.07) is 4.59. The predicted molar refractivity (Wildman–Crippen MR) is 61.0 cm³/mol. The van der Waals surface area contributed by atoms with Crippen LogP contribution in [0.4, 0.5) is 0 Å². The molecular weight excluding hydrogens is 277 g/mol. The van der Waals surface area contributed by atoms with E-state index in [1.54, 1.807) is 6.07 Å². The summed E-state index contributed by atoms with van der Waals surface area (Å²) < 4.78 is 22.5. The van der Waals surface area contributed by atoms with Crippen LogP contribution in [0.1, 0.15) is 11.1 Å². The summed E-state index contributed by atoms with van der Waals surface area (Å²) in [5.74, 6) is -0.0738. The van der Waals surface area contributed by atoms with E-state index in [4.69, 9.17) is 27.5 Å². The lowest BCUT2D eigenvalue weighted by molar-refractivity contribution is 0.608. The first-order valence-corrected chi connectivity index (χ1v) is 6.96. The third kappa shape index (κ3) is 2.58. The Balaban J connectivity index is 3.73. The zero-order valence-electron chi connectivity index (χ0n) is 7.24. The van der Waals surface area contributed by atoms with Crippen molar-refractivity contribution in [2.75, 3.05) is 0 Å². The summed E-state index contributed by atoms with van der Waals surface area (Å²) in [5.41, 5.74) is 0.215. The van der Waals surface area contributed by atoms with Crippen LogP contribution in [0.5, 0.6) is 0 Å². The van der Waals surface area contributed by atoms with Crippen molar-refractivity contribution in [1.82, 2.24) is 0 Å². The Morgan fingerprint density at radius 3 is 2.47 bits per heavy atom. The molecule has 7 heteroatoms. The van der Waals surface area contributed by atoms with Gasteiger partial charge in [-0.1, -0.05) is 0 Å². The molecule has 3 nitrogen and oxygen atoms in total. The van der Waals surface area contributed by atoms with Gasteiger partial charge in [0, 0.05) is 27.0 Å². The summed E-state index contributed by atoms with van der Waals surface area (Å²) in [5, 5.41) is 8.75. The van der Waals surface area contributed by atoms with Crippen molar-refractivity contribution in [2.45, 2.75) is 15.7 Å². The first-order chi connectivity index (χ1) is 6.91. The summed E-state index contributed by atoms with van der Waals surface area (Å²) in [6.07, 6.45) is 0. The second kappa shape index (κ2) is 4.62. The Labute approximate surface area is 102 Å². The number of nitrogens with zero attached hydrogens (tertiary/aromatic N) is 1. The zero-order valence-corrected chi connectivity index (χ0v) is 10.5. The van der Waals surface area contributed by atoms with Crippen molar-refractivity contribution in [3.05, 3.63) is 23.3 Å². The maximum Gasteiger partial charge on any atom is 0.262 e. The first kappa shape index (κ1) is 12.7. The maximum absolute atomic E-state index is 11.3. The molecule has 0 saturated heterocycles. The summed E-state index contributed by atoms with van der Waals surface area (Å²) in [7, 11) is 1.23. The van der Waals surface area contributed by atoms with Gasteiger partial charge in [-0.25, -0.2) is 8.42 Å². The largest absolute Gasteiger partial charge is 0.262 e. The fourth-order valence-corrected chi connectivity index (χ4v) is 3.29. The van der Waals surface area contributed by atoms with Gasteiger partial charge in [-0.2, -0.15) is 5.26 Å². The van der Waals surface area contributed by atoms with Gasteiger partial charge in [0.15, 0.2) is 0 Å². The minimum Gasteiger partial charge on any atom is -0.207 e. The molecule has 15 heavy (non-hydrogen) atoms. The highest BCUT2D eigenvalue weighted by Gasteiger charge is 2.21. The van der Waals surface area contributed by atoms with Crippen LogP contribution in [0.25, 0.3) is 0 Å². The molecular formula is C8H5Cl2NO2S2. The van der Waals surface area contributed by atoms with Gasteiger partial charge in [-0.15, -0.1) is 24.2 Å². The second-order valence-electron chi connectivity index (χ2n) is 2.62. The van der Waals surface area contributed by atoms with Crippen LogP contribution in [0.15, 0.2) is 21.9 Å². The molecule has 1 rings (SSSR count). The van der Waals surface area contributed by atoms with Gasteiger partial charge < -0.3 is 0 Å². The van der Waals surface area contributed by atoms with Crippen LogP contribution < -0.4 is 0 Å². The molecule has 0 aliphatic carbocycles. The van der Waals surface area contributed by atoms with Crippen molar-refractivity contribution in [2.24, 2.45) is 0 Å². The highest BCUT2D eigenvalue weighted by molar-refractivity contribution is 8.13. The van der Waals surface area contributed by atoms with Gasteiger partial charge in [0.25, 0.3) is 9.05 Å². The lowest BCUT2D eigenvalue weighted by atomic mass is 10.1. The van der Waals surface area contributed by atoms with E-state index in [-0.39, 0.29) is 21.9 Å². The Morgan fingerprint density at radius 2 is 2.07 bits per heavy atom. The number of hydrogen-bond donors (Lipinski definition) is 1. The van der Waals surface area contributed by atoms with Gasteiger partial charge in [0.05, 0.1) is 5.56 Å². The average molecular weight is 282 g/mol. The Kier molecular flexibility index (Phi) is 3.90. The molecule has 0 spiro atoms. The van der Waals surface area contributed by atoms with E-state index < -0.39 is 9.05 Å². The van der Waals surface area contributed by atoms with Crippen molar-refractivity contribution in [1.29, 1.82) is 5.26 Å². The molecule has 1 aromatic carbocycles. The molecule has 0 aromatic heterocycles. The fraction of sp³-hybridized carbons (Fsp3) is 0.125. The molecule has 0 aliphatic rings. The minimum atomic E-state index is -3.99. The average Bonchev–Trinajstić information content (AvgIpc) is 2.15. The number of thiol groups is 1. The molecule has 0 N–H and O–H groups in total. The Bertz CT molecular complexity index is 534. The van der Waals surface area contributed by atoms with Gasteiger partial charge in [-0.05, 0) is 12.1 Å². The van der Waals surface area contributed by atoms with Crippen molar-refractivity contribution < 1.29 is 8.42 Å². The number of benzene rings is 1. The van der Waals surface area contributed by atoms with Crippen LogP contribution in [0.2, 0.25) is 0 Å². The van der Waals surface area contributed by atoms with E-state index in [0.717, 1.165) is 0 Å². The number of rotatable bonds is 2. The molecule has 0 radical (unpaired) electrons. The smallest absolute Gasteiger partial charge is 0.207 e. The highest BCUT2D eigenvalue weighted by Crippen LogP contribution is 2.30. The molecule has 0 saturated carbocycles. The monoisotopic (exact) mass is 281 g/mol. The van der Waals surface area contributed by atoms with Crippen LogP contribution in [0.3, 0.4) is 0 Å². The Morgan fingerprint density at radius 1 is 1.47 bits per heavy atom. The summed E-state index contributed by atoms with van der Waals surface area (Å²) >= 11 is 9.64. The Hall–Kier alpha value is -0.410. The standard InChI is InChI=1S/C8H5Cl2NO2S2/c9-3-6-7(14)2-1-5(4-11)8(6)15(10,12)13/h1-2,14H,3H2. The van der Waals surface area contributed by atoms with E-state index in [0.29, 0.717) is 4.90 Å². The molecule has 0 heterocycles. The van der Waals surface area contributed by atoms with Gasteiger partial charge >= 0.3 is 0 Å². The first-order valence-electron chi connectivity index (χ1n) is 3.67. The second-order valence-corrected chi connectivity index (χ2v) is 5.88. The molecule has 0 bridgehead atoms. The van der Waals surface area contributed by atoms with Crippen LogP contribution in [0, 0.1) is 11.3 Å². The van der Waals surface area contributed by atoms with Crippen LogP contribution in [-0.2, 0) is 14.9 Å². The zero-order chi connectivity index (χ0) is 11.6. The summed E-state index contributed by atoms with van der Waals surface area (Å²) in [4.78, 5) is 0.136. The fourth-order valence-electron chi connectivity index (χ4n) is 1.11. The number of nitriles is 1. The predicted octanol–water partition coefficient (Wildman–Crippen LogP) is 2.51. The van der Waals surface area contributed by atoms with Crippen LogP contribution >= 0.6 is 34.9 Å². The van der Waals surface area contributed by atoms with E-state index in [1.807, 2.05) is 0 Å². The topological polar surface area (TPSA) is 57.9 Å². The normalized spacial score (nSPS) is 11.1. The number of hydrogen-bond acceptors (Lipinski definition) is 4. The third-order valence-corrected chi connectivity index (χ3v) is 3.84. The third-order valence-electron chi connectivity index (χ3n) is 1.73. The van der Waals surface area contributed by atoms with Crippen molar-refractivity contribution in [3.8, 4) is 6.07 Å². The lowest BCUT2D eigenvalue weighted by Gasteiger charge is -2.08. The molecule has 1 aromatic rings. The summed E-state index contributed by atoms with van der Waals surface area (Å²) in [6.45, 7) is 0. The maximum atomic E-state index is 11.3. The van der Waals surface area contributed by atoms with Gasteiger partial charge in [0.1, 0.15) is 11.0 Å². The SMILES string of the molecule is N#Cc1ccc(S)c(CCl)c1S(=O)(=O)Cl. The molecule has 0 aliphatic heterocycles. The quantitative estimate of drug-likeness (QED) is 0.515. The van der Waals surface area contributed by atoms with Gasteiger partial charge in [0.2, 0.25) is 0 Å². The molecule has 80 valence electrons. The highest BCUT2D eigenvalue weighted by atomic mass is 35.7. The van der Waals surface area contributed by atoms with E-state index >= 15 is 0 Å². The molecule has 0 fully saturated rings. The van der Waals surface area contributed by atoms with Crippen LogP contribution in [-0.4, -0.2) is 8.42 Å². The minimum absolute atomic E-state index is 0.0292. The van der Waals surface area contributed by atoms with Gasteiger partial charge in [-0.3, -0.25) is 0 Å². The molecule has 0 amide bonds. The number of halogens is 2. The van der Waals surface area contributed by atoms with E-state index in [2.05, 4.69) is 12.6 Å². The van der Waals surface area contributed by atoms with E-state index in [1.165, 1.54) is 12.1 Å². The van der Waals surface area contributed by atoms with Crippen molar-refractivity contribution >= 4 is 44.0 Å². The van der Waals surface area contributed by atoms with Crippen molar-refractivity contribution in [3.63, 3.8) is 0 Å². The lowest BCUT2D eigenvalue weighted by Crippen LogP contribution is -2.01. The number of alkyl halides is 1. The molecule has 0 unspecified atom stereocenters. The molecule has 0 atom stereocenters.